The normalized spacial score (nSPS) is 10.9. The minimum Gasteiger partial charge on any atom is -0.505 e. The van der Waals surface area contributed by atoms with Gasteiger partial charge in [0, 0.05) is 15.0 Å². The highest BCUT2D eigenvalue weighted by molar-refractivity contribution is 8.00. The van der Waals surface area contributed by atoms with Gasteiger partial charge in [0.15, 0.2) is 0 Å². The smallest absolute Gasteiger partial charge is 0.147 e. The van der Waals surface area contributed by atoms with Gasteiger partial charge in [-0.05, 0) is 24.5 Å². The van der Waals surface area contributed by atoms with Crippen molar-refractivity contribution in [3.8, 4) is 5.75 Å². The van der Waals surface area contributed by atoms with E-state index in [1.54, 1.807) is 23.1 Å². The molecule has 0 radical (unpaired) electrons. The van der Waals surface area contributed by atoms with Crippen molar-refractivity contribution in [3.63, 3.8) is 0 Å². The van der Waals surface area contributed by atoms with Gasteiger partial charge in [-0.3, -0.25) is 0 Å². The Bertz CT molecular complexity index is 447. The van der Waals surface area contributed by atoms with Crippen LogP contribution < -0.4 is 0 Å². The predicted molar refractivity (Wildman–Crippen MR) is 62.5 cm³/mol. The number of hydrogen-bond donors (Lipinski definition) is 2. The van der Waals surface area contributed by atoms with Gasteiger partial charge in [-0.15, -0.1) is 35.7 Å². The predicted octanol–water partition coefficient (Wildman–Crippen LogP) is 3.62. The molecule has 0 aliphatic rings. The number of benzene rings is 1. The molecule has 13 heavy (non-hydrogen) atoms. The Labute approximate surface area is 90.2 Å². The SMILES string of the molecule is CSc1sc2ccc(S)cc2c1O. The minimum atomic E-state index is 0.392. The van der Waals surface area contributed by atoms with Crippen LogP contribution in [0.3, 0.4) is 0 Å². The first-order valence-corrected chi connectivity index (χ1v) is 6.19. The Balaban J connectivity index is 2.77. The molecule has 1 heterocycles. The molecule has 0 amide bonds. The first-order valence-electron chi connectivity index (χ1n) is 3.71. The monoisotopic (exact) mass is 228 g/mol. The van der Waals surface area contributed by atoms with Gasteiger partial charge < -0.3 is 5.11 Å². The van der Waals surface area contributed by atoms with Crippen LogP contribution in [0.2, 0.25) is 0 Å². The van der Waals surface area contributed by atoms with Gasteiger partial charge in [-0.2, -0.15) is 0 Å². The van der Waals surface area contributed by atoms with E-state index in [-0.39, 0.29) is 0 Å². The molecule has 1 N–H and O–H groups in total. The number of fused-ring (bicyclic) bond motifs is 1. The van der Waals surface area contributed by atoms with Crippen LogP contribution in [0.15, 0.2) is 27.3 Å². The van der Waals surface area contributed by atoms with Gasteiger partial charge in [0.1, 0.15) is 9.96 Å². The van der Waals surface area contributed by atoms with E-state index in [2.05, 4.69) is 12.6 Å². The lowest BCUT2D eigenvalue weighted by molar-refractivity contribution is 0.473. The van der Waals surface area contributed by atoms with Crippen molar-refractivity contribution in [2.75, 3.05) is 6.26 Å². The summed E-state index contributed by atoms with van der Waals surface area (Å²) in [5, 5.41) is 10.7. The Morgan fingerprint density at radius 3 is 2.92 bits per heavy atom. The molecule has 0 spiro atoms. The van der Waals surface area contributed by atoms with Crippen molar-refractivity contribution in [1.29, 1.82) is 0 Å². The van der Waals surface area contributed by atoms with Crippen LogP contribution in [-0.2, 0) is 0 Å². The highest BCUT2D eigenvalue weighted by atomic mass is 32.2. The maximum Gasteiger partial charge on any atom is 0.147 e. The number of hydrogen-bond acceptors (Lipinski definition) is 4. The van der Waals surface area contributed by atoms with Crippen LogP contribution in [0, 0.1) is 0 Å². The van der Waals surface area contributed by atoms with Crippen molar-refractivity contribution in [2.45, 2.75) is 9.10 Å². The summed E-state index contributed by atoms with van der Waals surface area (Å²) in [4.78, 5) is 0.883. The van der Waals surface area contributed by atoms with E-state index in [0.717, 1.165) is 19.2 Å². The lowest BCUT2D eigenvalue weighted by Crippen LogP contribution is -1.66. The average Bonchev–Trinajstić information content (AvgIpc) is 2.44. The van der Waals surface area contributed by atoms with Crippen molar-refractivity contribution >= 4 is 45.8 Å². The molecule has 0 saturated carbocycles. The first kappa shape index (κ1) is 9.24. The fourth-order valence-electron chi connectivity index (χ4n) is 1.19. The third kappa shape index (κ3) is 1.54. The van der Waals surface area contributed by atoms with Crippen LogP contribution in [0.25, 0.3) is 10.1 Å². The summed E-state index contributed by atoms with van der Waals surface area (Å²) in [7, 11) is 0. The molecule has 1 nitrogen and oxygen atoms in total. The molecule has 1 aromatic carbocycles. The Hall–Kier alpha value is -0.320. The maximum absolute atomic E-state index is 9.77. The van der Waals surface area contributed by atoms with Crippen LogP contribution >= 0.6 is 35.7 Å². The van der Waals surface area contributed by atoms with E-state index in [0.29, 0.717) is 5.75 Å². The summed E-state index contributed by atoms with van der Waals surface area (Å²) in [6.45, 7) is 0. The van der Waals surface area contributed by atoms with Crippen LogP contribution in [-0.4, -0.2) is 11.4 Å². The van der Waals surface area contributed by atoms with Gasteiger partial charge in [0.25, 0.3) is 0 Å². The minimum absolute atomic E-state index is 0.392. The number of thiophene rings is 1. The lowest BCUT2D eigenvalue weighted by atomic mass is 10.2. The summed E-state index contributed by atoms with van der Waals surface area (Å²) in [6.07, 6.45) is 1.96. The quantitative estimate of drug-likeness (QED) is 0.574. The third-order valence-electron chi connectivity index (χ3n) is 1.80. The van der Waals surface area contributed by atoms with Crippen LogP contribution in [0.1, 0.15) is 0 Å². The van der Waals surface area contributed by atoms with Gasteiger partial charge in [-0.1, -0.05) is 0 Å². The zero-order valence-corrected chi connectivity index (χ0v) is 9.47. The molecule has 0 saturated heterocycles. The molecule has 4 heteroatoms. The molecule has 0 unspecified atom stereocenters. The van der Waals surface area contributed by atoms with Crippen molar-refractivity contribution in [3.05, 3.63) is 18.2 Å². The van der Waals surface area contributed by atoms with E-state index in [1.165, 1.54) is 0 Å². The molecule has 0 atom stereocenters. The summed E-state index contributed by atoms with van der Waals surface area (Å²) in [6, 6.07) is 5.82. The number of aromatic hydroxyl groups is 1. The molecule has 1 aromatic heterocycles. The molecule has 2 rings (SSSR count). The second kappa shape index (κ2) is 3.44. The Morgan fingerprint density at radius 1 is 1.46 bits per heavy atom. The number of thiol groups is 1. The molecule has 0 aliphatic carbocycles. The zero-order valence-electron chi connectivity index (χ0n) is 6.94. The van der Waals surface area contributed by atoms with Crippen molar-refractivity contribution < 1.29 is 5.11 Å². The third-order valence-corrected chi connectivity index (χ3v) is 4.35. The van der Waals surface area contributed by atoms with Gasteiger partial charge in [-0.25, -0.2) is 0 Å². The number of thioether (sulfide) groups is 1. The molecule has 2 aromatic rings. The second-order valence-corrected chi connectivity index (χ2v) is 5.27. The van der Waals surface area contributed by atoms with E-state index in [4.69, 9.17) is 0 Å². The van der Waals surface area contributed by atoms with Crippen LogP contribution in [0.5, 0.6) is 5.75 Å². The van der Waals surface area contributed by atoms with Gasteiger partial charge in [0.05, 0.1) is 0 Å². The Kier molecular flexibility index (Phi) is 2.45. The van der Waals surface area contributed by atoms with Crippen LogP contribution in [0.4, 0.5) is 0 Å². The largest absolute Gasteiger partial charge is 0.505 e. The first-order chi connectivity index (χ1) is 6.22. The molecular formula is C9H8OS3. The average molecular weight is 228 g/mol. The fourth-order valence-corrected chi connectivity index (χ4v) is 3.11. The van der Waals surface area contributed by atoms with E-state index in [9.17, 15) is 5.11 Å². The summed E-state index contributed by atoms with van der Waals surface area (Å²) >= 11 is 7.42. The summed E-state index contributed by atoms with van der Waals surface area (Å²) < 4.78 is 2.08. The van der Waals surface area contributed by atoms with E-state index < -0.39 is 0 Å². The molecule has 0 fully saturated rings. The van der Waals surface area contributed by atoms with Crippen molar-refractivity contribution in [2.24, 2.45) is 0 Å². The van der Waals surface area contributed by atoms with Crippen molar-refractivity contribution in [1.82, 2.24) is 0 Å². The molecular weight excluding hydrogens is 220 g/mol. The summed E-state index contributed by atoms with van der Waals surface area (Å²) in [5.74, 6) is 0.392. The standard InChI is InChI=1S/C9H8OS3/c1-12-9-8(10)6-4-5(11)2-3-7(6)13-9/h2-4,10-11H,1H3. The van der Waals surface area contributed by atoms with Gasteiger partial charge in [0.2, 0.25) is 0 Å². The molecule has 0 bridgehead atoms. The maximum atomic E-state index is 9.77. The number of rotatable bonds is 1. The molecule has 68 valence electrons. The lowest BCUT2D eigenvalue weighted by Gasteiger charge is -1.92. The highest BCUT2D eigenvalue weighted by Crippen LogP contribution is 2.42. The Morgan fingerprint density at radius 2 is 2.23 bits per heavy atom. The summed E-state index contributed by atoms with van der Waals surface area (Å²) in [5.41, 5.74) is 0. The second-order valence-electron chi connectivity index (χ2n) is 2.62. The fraction of sp³-hybridized carbons (Fsp3) is 0.111. The van der Waals surface area contributed by atoms with Gasteiger partial charge >= 0.3 is 0 Å². The molecule has 0 aliphatic heterocycles. The van der Waals surface area contributed by atoms with E-state index >= 15 is 0 Å². The highest BCUT2D eigenvalue weighted by Gasteiger charge is 2.09. The zero-order chi connectivity index (χ0) is 9.42. The topological polar surface area (TPSA) is 20.2 Å². The van der Waals surface area contributed by atoms with E-state index in [1.807, 2.05) is 24.5 Å².